The first-order valence-corrected chi connectivity index (χ1v) is 11.2. The molecule has 1 unspecified atom stereocenters. The average molecular weight is 435 g/mol. The monoisotopic (exact) mass is 434 g/mol. The molecule has 1 atom stereocenters. The van der Waals surface area contributed by atoms with E-state index >= 15 is 0 Å². The van der Waals surface area contributed by atoms with Gasteiger partial charge in [-0.2, -0.15) is 8.42 Å². The SMILES string of the molecule is CC(C)(C)OC(=O)C(Cc1ccc(NS(=O)(=O)O)cc1)c1nc2ccccc2s1. The first-order chi connectivity index (χ1) is 13.5. The molecule has 0 spiro atoms. The molecular weight excluding hydrogens is 412 g/mol. The molecule has 0 saturated carbocycles. The number of benzene rings is 2. The highest BCUT2D eigenvalue weighted by Gasteiger charge is 2.29. The Bertz CT molecular complexity index is 1080. The molecule has 0 fully saturated rings. The molecule has 0 bridgehead atoms. The molecule has 0 saturated heterocycles. The average Bonchev–Trinajstić information content (AvgIpc) is 3.01. The number of rotatable bonds is 6. The second-order valence-electron chi connectivity index (χ2n) is 7.58. The summed E-state index contributed by atoms with van der Waals surface area (Å²) in [5.41, 5.74) is 1.23. The predicted molar refractivity (Wildman–Crippen MR) is 114 cm³/mol. The van der Waals surface area contributed by atoms with E-state index in [9.17, 15) is 13.2 Å². The van der Waals surface area contributed by atoms with Gasteiger partial charge in [0.05, 0.1) is 15.9 Å². The van der Waals surface area contributed by atoms with Crippen molar-refractivity contribution in [3.05, 3.63) is 59.1 Å². The maximum Gasteiger partial charge on any atom is 0.357 e. The van der Waals surface area contributed by atoms with Crippen molar-refractivity contribution >= 4 is 43.5 Å². The van der Waals surface area contributed by atoms with E-state index in [1.165, 1.54) is 23.5 Å². The van der Waals surface area contributed by atoms with E-state index in [0.29, 0.717) is 11.4 Å². The first kappa shape index (κ1) is 21.2. The maximum absolute atomic E-state index is 12.9. The number of nitrogens with zero attached hydrogens (tertiary/aromatic N) is 1. The minimum atomic E-state index is -4.34. The fourth-order valence-electron chi connectivity index (χ4n) is 2.78. The molecule has 1 heterocycles. The van der Waals surface area contributed by atoms with Crippen LogP contribution in [0.5, 0.6) is 0 Å². The quantitative estimate of drug-likeness (QED) is 0.445. The van der Waals surface area contributed by atoms with Crippen molar-refractivity contribution in [3.63, 3.8) is 0 Å². The van der Waals surface area contributed by atoms with E-state index in [4.69, 9.17) is 9.29 Å². The van der Waals surface area contributed by atoms with Crippen LogP contribution in [0.1, 0.15) is 37.3 Å². The van der Waals surface area contributed by atoms with Gasteiger partial charge < -0.3 is 4.74 Å². The fourth-order valence-corrected chi connectivity index (χ4v) is 4.27. The number of carbonyl (C=O) groups is 1. The zero-order chi connectivity index (χ0) is 21.2. The number of fused-ring (bicyclic) bond motifs is 1. The number of hydrogen-bond donors (Lipinski definition) is 2. The first-order valence-electron chi connectivity index (χ1n) is 8.93. The molecule has 7 nitrogen and oxygen atoms in total. The van der Waals surface area contributed by atoms with Gasteiger partial charge in [0.1, 0.15) is 16.5 Å². The Kier molecular flexibility index (Phi) is 5.92. The zero-order valence-electron chi connectivity index (χ0n) is 16.2. The van der Waals surface area contributed by atoms with Crippen molar-refractivity contribution in [2.45, 2.75) is 38.7 Å². The van der Waals surface area contributed by atoms with Crippen molar-refractivity contribution in [1.29, 1.82) is 0 Å². The van der Waals surface area contributed by atoms with E-state index in [1.54, 1.807) is 12.1 Å². The van der Waals surface area contributed by atoms with Gasteiger partial charge in [-0.1, -0.05) is 24.3 Å². The molecule has 2 N–H and O–H groups in total. The fraction of sp³-hybridized carbons (Fsp3) is 0.300. The number of thiazole rings is 1. The largest absolute Gasteiger partial charge is 0.459 e. The van der Waals surface area contributed by atoms with Crippen molar-refractivity contribution in [1.82, 2.24) is 4.98 Å². The second-order valence-corrected chi connectivity index (χ2v) is 9.80. The van der Waals surface area contributed by atoms with Crippen molar-refractivity contribution in [2.75, 3.05) is 4.72 Å². The van der Waals surface area contributed by atoms with Gasteiger partial charge in [-0.3, -0.25) is 14.1 Å². The van der Waals surface area contributed by atoms with Crippen LogP contribution in [-0.2, 0) is 26.3 Å². The number of anilines is 1. The van der Waals surface area contributed by atoms with E-state index in [0.717, 1.165) is 15.8 Å². The van der Waals surface area contributed by atoms with Gasteiger partial charge in [-0.05, 0) is 57.0 Å². The van der Waals surface area contributed by atoms with Crippen LogP contribution in [0.4, 0.5) is 5.69 Å². The lowest BCUT2D eigenvalue weighted by molar-refractivity contribution is -0.156. The molecule has 0 aliphatic rings. The van der Waals surface area contributed by atoms with Crippen LogP contribution >= 0.6 is 11.3 Å². The van der Waals surface area contributed by atoms with E-state index < -0.39 is 21.8 Å². The highest BCUT2D eigenvalue weighted by molar-refractivity contribution is 7.87. The molecule has 2 aromatic carbocycles. The van der Waals surface area contributed by atoms with Crippen LogP contribution in [-0.4, -0.2) is 29.5 Å². The number of ether oxygens (including phenoxy) is 1. The predicted octanol–water partition coefficient (Wildman–Crippen LogP) is 4.18. The molecule has 0 aliphatic heterocycles. The summed E-state index contributed by atoms with van der Waals surface area (Å²) in [7, 11) is -4.34. The third kappa shape index (κ3) is 5.99. The van der Waals surface area contributed by atoms with Gasteiger partial charge in [0, 0.05) is 0 Å². The molecular formula is C20H22N2O5S2. The highest BCUT2D eigenvalue weighted by atomic mass is 32.2. The van der Waals surface area contributed by atoms with E-state index in [1.807, 2.05) is 49.8 Å². The Balaban J connectivity index is 1.89. The molecule has 0 radical (unpaired) electrons. The number of aromatic nitrogens is 1. The minimum absolute atomic E-state index is 0.227. The van der Waals surface area contributed by atoms with Gasteiger partial charge >= 0.3 is 16.3 Å². The molecule has 29 heavy (non-hydrogen) atoms. The number of carbonyl (C=O) groups excluding carboxylic acids is 1. The third-order valence-corrected chi connectivity index (χ3v) is 5.58. The number of para-hydroxylation sites is 1. The van der Waals surface area contributed by atoms with E-state index in [2.05, 4.69) is 4.98 Å². The van der Waals surface area contributed by atoms with Crippen LogP contribution in [0, 0.1) is 0 Å². The van der Waals surface area contributed by atoms with Gasteiger partial charge in [0.25, 0.3) is 0 Å². The lowest BCUT2D eigenvalue weighted by atomic mass is 9.99. The van der Waals surface area contributed by atoms with Gasteiger partial charge in [-0.15, -0.1) is 11.3 Å². The molecule has 154 valence electrons. The third-order valence-electron chi connectivity index (χ3n) is 3.94. The van der Waals surface area contributed by atoms with Crippen molar-refractivity contribution in [2.24, 2.45) is 0 Å². The molecule has 0 amide bonds. The Morgan fingerprint density at radius 2 is 1.83 bits per heavy atom. The van der Waals surface area contributed by atoms with Crippen molar-refractivity contribution < 1.29 is 22.5 Å². The summed E-state index contributed by atoms with van der Waals surface area (Å²) >= 11 is 1.45. The van der Waals surface area contributed by atoms with Gasteiger partial charge in [-0.25, -0.2) is 4.98 Å². The lowest BCUT2D eigenvalue weighted by Gasteiger charge is -2.23. The lowest BCUT2D eigenvalue weighted by Crippen LogP contribution is -2.28. The summed E-state index contributed by atoms with van der Waals surface area (Å²) in [5.74, 6) is -0.955. The summed E-state index contributed by atoms with van der Waals surface area (Å²) in [4.78, 5) is 17.5. The molecule has 3 rings (SSSR count). The summed E-state index contributed by atoms with van der Waals surface area (Å²) in [6.07, 6.45) is 0.348. The van der Waals surface area contributed by atoms with Crippen LogP contribution < -0.4 is 4.72 Å². The summed E-state index contributed by atoms with van der Waals surface area (Å²) in [6.45, 7) is 5.45. The maximum atomic E-state index is 12.9. The molecule has 3 aromatic rings. The number of esters is 1. The standard InChI is InChI=1S/C20H22N2O5S2/c1-20(2,3)27-19(23)15(18-21-16-6-4-5-7-17(16)28-18)12-13-8-10-14(11-9-13)22-29(24,25)26/h4-11,15,22H,12H2,1-3H3,(H,24,25,26). The summed E-state index contributed by atoms with van der Waals surface area (Å²) < 4.78 is 39.3. The second kappa shape index (κ2) is 8.10. The van der Waals surface area contributed by atoms with Crippen LogP contribution in [0.15, 0.2) is 48.5 Å². The molecule has 0 aliphatic carbocycles. The van der Waals surface area contributed by atoms with Crippen molar-refractivity contribution in [3.8, 4) is 0 Å². The normalized spacial score (nSPS) is 13.2. The smallest absolute Gasteiger partial charge is 0.357 e. The van der Waals surface area contributed by atoms with Gasteiger partial charge in [0.2, 0.25) is 0 Å². The zero-order valence-corrected chi connectivity index (χ0v) is 17.9. The molecule has 1 aromatic heterocycles. The Morgan fingerprint density at radius 3 is 2.41 bits per heavy atom. The van der Waals surface area contributed by atoms with Crippen LogP contribution in [0.3, 0.4) is 0 Å². The summed E-state index contributed by atoms with van der Waals surface area (Å²) in [5, 5.41) is 0.667. The Labute approximate surface area is 173 Å². The van der Waals surface area contributed by atoms with Crippen LogP contribution in [0.2, 0.25) is 0 Å². The minimum Gasteiger partial charge on any atom is -0.459 e. The number of hydrogen-bond acceptors (Lipinski definition) is 6. The van der Waals surface area contributed by atoms with Gasteiger partial charge in [0.15, 0.2) is 0 Å². The number of nitrogens with one attached hydrogen (secondary N) is 1. The Morgan fingerprint density at radius 1 is 1.17 bits per heavy atom. The topological polar surface area (TPSA) is 106 Å². The Hall–Kier alpha value is -2.49. The summed E-state index contributed by atoms with van der Waals surface area (Å²) in [6, 6.07) is 14.1. The van der Waals surface area contributed by atoms with Crippen LogP contribution in [0.25, 0.3) is 10.2 Å². The highest BCUT2D eigenvalue weighted by Crippen LogP contribution is 2.32. The van der Waals surface area contributed by atoms with E-state index in [-0.39, 0.29) is 11.7 Å². The molecule has 9 heteroatoms.